The monoisotopic (exact) mass is 1140 g/mol. The van der Waals surface area contributed by atoms with Gasteiger partial charge in [0.15, 0.2) is 11.6 Å². The molecule has 6 aromatic rings. The zero-order chi connectivity index (χ0) is 58.0. The molecule has 0 unspecified atom stereocenters. The molecule has 0 atom stereocenters. The summed E-state index contributed by atoms with van der Waals surface area (Å²) in [6.45, 7) is 4.52. The lowest BCUT2D eigenvalue weighted by Gasteiger charge is -2.31. The molecular formula is C50H35Cl2F16N5O4. The quantitative estimate of drug-likeness (QED) is 0.0759. The molecule has 6 rings (SSSR count). The molecule has 0 saturated carbocycles. The third-order valence-corrected chi connectivity index (χ3v) is 11.9. The van der Waals surface area contributed by atoms with Crippen LogP contribution in [0.4, 0.5) is 93.0 Å². The Morgan fingerprint density at radius 3 is 1.25 bits per heavy atom. The summed E-state index contributed by atoms with van der Waals surface area (Å²) in [6, 6.07) is 16.7. The predicted molar refractivity (Wildman–Crippen MR) is 252 cm³/mol. The third-order valence-electron chi connectivity index (χ3n) is 11.3. The number of halogens is 18. The maximum absolute atomic E-state index is 15.2. The van der Waals surface area contributed by atoms with Crippen molar-refractivity contribution in [1.29, 1.82) is 0 Å². The van der Waals surface area contributed by atoms with Gasteiger partial charge in [-0.3, -0.25) is 19.2 Å². The van der Waals surface area contributed by atoms with E-state index in [1.165, 1.54) is 55.6 Å². The molecule has 0 bridgehead atoms. The second-order valence-electron chi connectivity index (χ2n) is 16.4. The van der Waals surface area contributed by atoms with Gasteiger partial charge in [0.2, 0.25) is 0 Å². The number of nitrogens with one attached hydrogen (secondary N) is 4. The normalized spacial score (nSPS) is 12.3. The highest BCUT2D eigenvalue weighted by Gasteiger charge is 2.74. The fourth-order valence-electron chi connectivity index (χ4n) is 7.40. The number of hydrogen-bond acceptors (Lipinski definition) is 5. The van der Waals surface area contributed by atoms with Crippen molar-refractivity contribution in [3.63, 3.8) is 0 Å². The second kappa shape index (κ2) is 22.7. The zero-order valence-corrected chi connectivity index (χ0v) is 40.9. The Balaban J connectivity index is 0.000000284. The van der Waals surface area contributed by atoms with Crippen molar-refractivity contribution in [3.8, 4) is 0 Å². The van der Waals surface area contributed by atoms with Crippen molar-refractivity contribution < 1.29 is 89.4 Å². The van der Waals surface area contributed by atoms with Crippen LogP contribution < -0.4 is 21.3 Å². The van der Waals surface area contributed by atoms with Gasteiger partial charge in [-0.15, -0.1) is 0 Å². The van der Waals surface area contributed by atoms with Gasteiger partial charge in [0.05, 0.1) is 38.7 Å². The molecule has 0 saturated heterocycles. The van der Waals surface area contributed by atoms with Crippen LogP contribution in [0.1, 0.15) is 81.7 Å². The van der Waals surface area contributed by atoms with Crippen LogP contribution in [0.5, 0.6) is 0 Å². The van der Waals surface area contributed by atoms with Gasteiger partial charge in [-0.05, 0) is 104 Å². The zero-order valence-electron chi connectivity index (χ0n) is 39.4. The van der Waals surface area contributed by atoms with E-state index < -0.39 is 105 Å². The van der Waals surface area contributed by atoms with Crippen molar-refractivity contribution in [3.05, 3.63) is 181 Å². The number of carbonyl (C=O) groups excluding carboxylic acids is 4. The molecule has 4 amide bonds. The highest BCUT2D eigenvalue weighted by Crippen LogP contribution is 2.55. The number of carbonyl (C=O) groups is 4. The number of benzene rings is 5. The fourth-order valence-corrected chi connectivity index (χ4v) is 7.83. The van der Waals surface area contributed by atoms with E-state index in [0.29, 0.717) is 24.3 Å². The van der Waals surface area contributed by atoms with Gasteiger partial charge >= 0.3 is 36.0 Å². The predicted octanol–water partition coefficient (Wildman–Crippen LogP) is 15.4. The standard InChI is InChI=1S/C26H19ClF8N2O2.C24H16ClF8N3O2/c1-3-14-12-15(24(29,25(30,31)32)26(33,34)35)11-13(2)21(14)37-23(39)17-8-6-10-19(20(17)28)36-22(38)16-7-4-5-9-18(16)27;1-11-9-13(22(27,23(28,29)30)24(31,32)33)10-12(2)18(11)36-20(37)14-5-3-7-16(17(14)26)35-21(38)15-6-4-8-34-19(15)25/h4-12H,3H2,1-2H3,(H,36,38)(H,37,39);3-10H,1-2H3,(H,35,38)(H,36,37). The van der Waals surface area contributed by atoms with Crippen molar-refractivity contribution >= 4 is 69.6 Å². The Morgan fingerprint density at radius 1 is 0.468 bits per heavy atom. The van der Waals surface area contributed by atoms with Crippen LogP contribution >= 0.6 is 23.2 Å². The van der Waals surface area contributed by atoms with Gasteiger partial charge in [0, 0.05) is 28.7 Å². The molecule has 0 aliphatic heterocycles. The van der Waals surface area contributed by atoms with E-state index in [-0.39, 0.29) is 61.4 Å². The van der Waals surface area contributed by atoms with Crippen LogP contribution in [0.3, 0.4) is 0 Å². The lowest BCUT2D eigenvalue weighted by Crippen LogP contribution is -2.50. The highest BCUT2D eigenvalue weighted by molar-refractivity contribution is 6.34. The van der Waals surface area contributed by atoms with E-state index in [0.717, 1.165) is 45.0 Å². The van der Waals surface area contributed by atoms with E-state index in [2.05, 4.69) is 26.3 Å². The van der Waals surface area contributed by atoms with Crippen LogP contribution in [0, 0.1) is 32.4 Å². The topological polar surface area (TPSA) is 129 Å². The minimum atomic E-state index is -6.32. The average Bonchev–Trinajstić information content (AvgIpc) is 3.32. The Labute approximate surface area is 435 Å². The van der Waals surface area contributed by atoms with E-state index in [4.69, 9.17) is 23.2 Å². The van der Waals surface area contributed by atoms with Gasteiger partial charge in [-0.25, -0.2) is 22.5 Å². The molecule has 0 spiro atoms. The summed E-state index contributed by atoms with van der Waals surface area (Å²) in [5, 5.41) is 8.90. The van der Waals surface area contributed by atoms with Crippen LogP contribution in [0.2, 0.25) is 10.2 Å². The molecule has 0 radical (unpaired) electrons. The largest absolute Gasteiger partial charge is 0.435 e. The van der Waals surface area contributed by atoms with Gasteiger partial charge in [-0.1, -0.05) is 72.6 Å². The highest BCUT2D eigenvalue weighted by atomic mass is 35.5. The smallest absolute Gasteiger partial charge is 0.321 e. The first-order valence-electron chi connectivity index (χ1n) is 21.6. The summed E-state index contributed by atoms with van der Waals surface area (Å²) in [7, 11) is 0. The Morgan fingerprint density at radius 2 is 0.831 bits per heavy atom. The first kappa shape index (κ1) is 60.5. The third kappa shape index (κ3) is 12.4. The average molecular weight is 1140 g/mol. The summed E-state index contributed by atoms with van der Waals surface area (Å²) >= 11 is 11.8. The molecule has 410 valence electrons. The molecular weight excluding hydrogens is 1110 g/mol. The summed E-state index contributed by atoms with van der Waals surface area (Å²) in [4.78, 5) is 54.3. The van der Waals surface area contributed by atoms with Crippen LogP contribution in [-0.2, 0) is 17.8 Å². The Kier molecular flexibility index (Phi) is 17.8. The second-order valence-corrected chi connectivity index (χ2v) is 17.2. The molecule has 5 aromatic carbocycles. The first-order valence-corrected chi connectivity index (χ1v) is 22.3. The summed E-state index contributed by atoms with van der Waals surface area (Å²) in [6.07, 6.45) is -24.1. The van der Waals surface area contributed by atoms with Gasteiger partial charge in [0.1, 0.15) is 5.15 Å². The maximum atomic E-state index is 15.2. The van der Waals surface area contributed by atoms with Crippen molar-refractivity contribution in [1.82, 2.24) is 4.98 Å². The minimum absolute atomic E-state index is 0.0263. The molecule has 27 heteroatoms. The van der Waals surface area contributed by atoms with E-state index >= 15 is 8.78 Å². The minimum Gasteiger partial charge on any atom is -0.321 e. The van der Waals surface area contributed by atoms with Gasteiger partial charge in [-0.2, -0.15) is 52.7 Å². The molecule has 0 fully saturated rings. The summed E-state index contributed by atoms with van der Waals surface area (Å²) in [5.41, 5.74) is -18.6. The molecule has 4 N–H and O–H groups in total. The number of pyridine rings is 1. The number of amides is 4. The SMILES string of the molecule is CCc1cc(C(F)(C(F)(F)F)C(F)(F)F)cc(C)c1NC(=O)c1cccc(NC(=O)c2ccccc2Cl)c1F.Cc1cc(C(F)(C(F)(F)F)C(F)(F)F)cc(C)c1NC(=O)c1cccc(NC(=O)c2cccnc2Cl)c1F. The summed E-state index contributed by atoms with van der Waals surface area (Å²) in [5.74, 6) is -6.24. The first-order chi connectivity index (χ1) is 35.5. The lowest BCUT2D eigenvalue weighted by molar-refractivity contribution is -0.349. The number of aryl methyl sites for hydroxylation is 4. The Bertz CT molecular complexity index is 3200. The molecule has 1 aromatic heterocycles. The summed E-state index contributed by atoms with van der Waals surface area (Å²) < 4.78 is 218. The van der Waals surface area contributed by atoms with Crippen LogP contribution in [-0.4, -0.2) is 53.3 Å². The van der Waals surface area contributed by atoms with Crippen molar-refractivity contribution in [2.75, 3.05) is 21.3 Å². The number of aromatic nitrogens is 1. The molecule has 0 aliphatic rings. The van der Waals surface area contributed by atoms with E-state index in [9.17, 15) is 80.6 Å². The van der Waals surface area contributed by atoms with Gasteiger partial charge in [0.25, 0.3) is 23.6 Å². The van der Waals surface area contributed by atoms with Crippen LogP contribution in [0.25, 0.3) is 0 Å². The lowest BCUT2D eigenvalue weighted by atomic mass is 9.89. The van der Waals surface area contributed by atoms with E-state index in [1.807, 2.05) is 0 Å². The number of alkyl halides is 14. The number of rotatable bonds is 11. The number of anilines is 4. The molecule has 77 heavy (non-hydrogen) atoms. The van der Waals surface area contributed by atoms with E-state index in [1.54, 1.807) is 6.07 Å². The van der Waals surface area contributed by atoms with Gasteiger partial charge < -0.3 is 21.3 Å². The Hall–Kier alpha value is -7.41. The molecule has 9 nitrogen and oxygen atoms in total. The fraction of sp³-hybridized carbons (Fsp3) is 0.220. The molecule has 1 heterocycles. The number of hydrogen-bond donors (Lipinski definition) is 4. The maximum Gasteiger partial charge on any atom is 0.435 e. The van der Waals surface area contributed by atoms with Crippen molar-refractivity contribution in [2.24, 2.45) is 0 Å². The molecule has 0 aliphatic carbocycles. The van der Waals surface area contributed by atoms with Crippen molar-refractivity contribution in [2.45, 2.75) is 70.2 Å². The number of nitrogens with zero attached hydrogens (tertiary/aromatic N) is 1. The van der Waals surface area contributed by atoms with Crippen LogP contribution in [0.15, 0.2) is 103 Å².